The molecule has 0 aromatic carbocycles. The Morgan fingerprint density at radius 1 is 1.12 bits per heavy atom. The Morgan fingerprint density at radius 2 is 1.65 bits per heavy atom. The number of hydrogen-bond donors (Lipinski definition) is 3. The van der Waals surface area contributed by atoms with Crippen LogP contribution in [0.25, 0.3) is 0 Å². The molecule has 0 atom stereocenters. The molecule has 0 radical (unpaired) electrons. The molecule has 3 N–H and O–H groups in total. The molecule has 0 aromatic heterocycles. The Labute approximate surface area is 100 Å². The lowest BCUT2D eigenvalue weighted by Gasteiger charge is -2.09. The number of rotatable bonds is 4. The molecule has 0 heterocycles. The highest BCUT2D eigenvalue weighted by Gasteiger charge is 2.14. The molecule has 0 spiro atoms. The molecule has 0 bridgehead atoms. The monoisotopic (exact) mass is 242 g/mol. The number of aliphatic carboxylic acids is 1. The third-order valence-electron chi connectivity index (χ3n) is 2.12. The summed E-state index contributed by atoms with van der Waals surface area (Å²) >= 11 is 0. The topological polar surface area (TPSA) is 95.5 Å². The molecular formula is C11H18N2O4. The molecule has 96 valence electrons. The van der Waals surface area contributed by atoms with E-state index >= 15 is 0 Å². The highest BCUT2D eigenvalue weighted by atomic mass is 16.4. The van der Waals surface area contributed by atoms with E-state index in [1.54, 1.807) is 0 Å². The minimum absolute atomic E-state index is 0.0113. The first-order valence-electron chi connectivity index (χ1n) is 5.25. The second kappa shape index (κ2) is 6.67. The van der Waals surface area contributed by atoms with E-state index in [4.69, 9.17) is 5.11 Å². The summed E-state index contributed by atoms with van der Waals surface area (Å²) in [6.45, 7) is 6.95. The van der Waals surface area contributed by atoms with Gasteiger partial charge in [0.2, 0.25) is 0 Å². The van der Waals surface area contributed by atoms with Gasteiger partial charge in [-0.25, -0.2) is 9.59 Å². The highest BCUT2D eigenvalue weighted by molar-refractivity contribution is 6.07. The van der Waals surface area contributed by atoms with Crippen LogP contribution in [-0.2, 0) is 9.59 Å². The molecule has 0 aliphatic carbocycles. The fraction of sp³-hybridized carbons (Fsp3) is 0.545. The normalized spacial score (nSPS) is 11.8. The molecule has 0 aliphatic heterocycles. The summed E-state index contributed by atoms with van der Waals surface area (Å²) in [5.41, 5.74) is -0.0728. The molecule has 0 aliphatic rings. The first-order chi connectivity index (χ1) is 7.75. The van der Waals surface area contributed by atoms with Gasteiger partial charge in [-0.1, -0.05) is 13.8 Å². The zero-order valence-electron chi connectivity index (χ0n) is 10.5. The lowest BCUT2D eigenvalue weighted by Crippen LogP contribution is -2.41. The van der Waals surface area contributed by atoms with Crippen molar-refractivity contribution < 1.29 is 19.5 Å². The second-order valence-electron chi connectivity index (χ2n) is 4.11. The largest absolute Gasteiger partial charge is 0.478 e. The van der Waals surface area contributed by atoms with Crippen LogP contribution in [0, 0.1) is 5.92 Å². The Hall–Kier alpha value is -1.85. The van der Waals surface area contributed by atoms with Gasteiger partial charge in [0.05, 0.1) is 0 Å². The van der Waals surface area contributed by atoms with Gasteiger partial charge in [-0.3, -0.25) is 10.1 Å². The molecule has 0 unspecified atom stereocenters. The van der Waals surface area contributed by atoms with E-state index in [1.807, 2.05) is 13.8 Å². The molecule has 6 nitrogen and oxygen atoms in total. The predicted molar refractivity (Wildman–Crippen MR) is 62.4 cm³/mol. The minimum Gasteiger partial charge on any atom is -0.478 e. The fourth-order valence-corrected chi connectivity index (χ4v) is 0.869. The zero-order valence-corrected chi connectivity index (χ0v) is 10.5. The standard InChI is InChI=1S/C11H18N2O4/c1-6(2)5-12-11(17)13-9(14)7(3)8(4)10(15)16/h6H,5H2,1-4H3,(H,15,16)(H2,12,13,14,17). The van der Waals surface area contributed by atoms with Crippen LogP contribution in [0.2, 0.25) is 0 Å². The van der Waals surface area contributed by atoms with Crippen LogP contribution in [0.3, 0.4) is 0 Å². The molecule has 17 heavy (non-hydrogen) atoms. The van der Waals surface area contributed by atoms with Gasteiger partial charge in [-0.15, -0.1) is 0 Å². The van der Waals surface area contributed by atoms with Crippen LogP contribution >= 0.6 is 0 Å². The number of carbonyl (C=O) groups excluding carboxylic acids is 2. The predicted octanol–water partition coefficient (Wildman–Crippen LogP) is 0.889. The maximum absolute atomic E-state index is 11.5. The molecule has 0 fully saturated rings. The SMILES string of the molecule is CC(C(=O)O)=C(C)C(=O)NC(=O)NCC(C)C. The van der Waals surface area contributed by atoms with Crippen LogP contribution in [0.4, 0.5) is 4.79 Å². The van der Waals surface area contributed by atoms with Gasteiger partial charge in [0.1, 0.15) is 0 Å². The van der Waals surface area contributed by atoms with Crippen LogP contribution < -0.4 is 10.6 Å². The van der Waals surface area contributed by atoms with Crippen molar-refractivity contribution in [1.82, 2.24) is 10.6 Å². The van der Waals surface area contributed by atoms with Crippen molar-refractivity contribution in [3.05, 3.63) is 11.1 Å². The smallest absolute Gasteiger partial charge is 0.331 e. The molecule has 3 amide bonds. The summed E-state index contributed by atoms with van der Waals surface area (Å²) in [5.74, 6) is -1.61. The average Bonchev–Trinajstić information content (AvgIpc) is 2.23. The fourth-order valence-electron chi connectivity index (χ4n) is 0.869. The Balaban J connectivity index is 4.41. The van der Waals surface area contributed by atoms with Gasteiger partial charge >= 0.3 is 12.0 Å². The van der Waals surface area contributed by atoms with E-state index in [1.165, 1.54) is 13.8 Å². The number of amides is 3. The van der Waals surface area contributed by atoms with Crippen molar-refractivity contribution in [2.24, 2.45) is 5.92 Å². The van der Waals surface area contributed by atoms with Gasteiger partial charge in [-0.2, -0.15) is 0 Å². The van der Waals surface area contributed by atoms with E-state index in [0.29, 0.717) is 6.54 Å². The van der Waals surface area contributed by atoms with E-state index in [-0.39, 0.29) is 17.1 Å². The van der Waals surface area contributed by atoms with E-state index in [2.05, 4.69) is 10.6 Å². The van der Waals surface area contributed by atoms with Crippen molar-refractivity contribution >= 4 is 17.9 Å². The number of hydrogen-bond acceptors (Lipinski definition) is 3. The summed E-state index contributed by atoms with van der Waals surface area (Å²) in [4.78, 5) is 33.3. The van der Waals surface area contributed by atoms with Gasteiger partial charge in [0.25, 0.3) is 5.91 Å². The highest BCUT2D eigenvalue weighted by Crippen LogP contribution is 2.03. The Morgan fingerprint density at radius 3 is 2.06 bits per heavy atom. The van der Waals surface area contributed by atoms with Gasteiger partial charge in [0, 0.05) is 17.7 Å². The second-order valence-corrected chi connectivity index (χ2v) is 4.11. The first kappa shape index (κ1) is 15.2. The number of imide groups is 1. The number of carboxylic acid groups (broad SMARTS) is 1. The maximum atomic E-state index is 11.5. The van der Waals surface area contributed by atoms with E-state index in [9.17, 15) is 14.4 Å². The van der Waals surface area contributed by atoms with Crippen molar-refractivity contribution in [3.63, 3.8) is 0 Å². The number of nitrogens with one attached hydrogen (secondary N) is 2. The summed E-state index contributed by atoms with van der Waals surface area (Å²) in [6.07, 6.45) is 0. The van der Waals surface area contributed by atoms with Gasteiger partial charge in [-0.05, 0) is 19.8 Å². The summed E-state index contributed by atoms with van der Waals surface area (Å²) in [5, 5.41) is 13.2. The van der Waals surface area contributed by atoms with Crippen LogP contribution in [-0.4, -0.2) is 29.6 Å². The Bertz CT molecular complexity index is 358. The molecule has 0 saturated heterocycles. The lowest BCUT2D eigenvalue weighted by atomic mass is 10.1. The summed E-state index contributed by atoms with van der Waals surface area (Å²) in [6, 6.07) is -0.624. The van der Waals surface area contributed by atoms with Crippen LogP contribution in [0.15, 0.2) is 11.1 Å². The van der Waals surface area contributed by atoms with Crippen molar-refractivity contribution in [1.29, 1.82) is 0 Å². The van der Waals surface area contributed by atoms with Crippen molar-refractivity contribution in [2.75, 3.05) is 6.54 Å². The van der Waals surface area contributed by atoms with Crippen molar-refractivity contribution in [3.8, 4) is 0 Å². The van der Waals surface area contributed by atoms with Gasteiger partial charge in [0.15, 0.2) is 0 Å². The molecular weight excluding hydrogens is 224 g/mol. The van der Waals surface area contributed by atoms with Crippen molar-refractivity contribution in [2.45, 2.75) is 27.7 Å². The Kier molecular flexibility index (Phi) is 5.95. The third-order valence-corrected chi connectivity index (χ3v) is 2.12. The molecule has 0 aromatic rings. The van der Waals surface area contributed by atoms with Crippen LogP contribution in [0.1, 0.15) is 27.7 Å². The minimum atomic E-state index is -1.18. The van der Waals surface area contributed by atoms with E-state index in [0.717, 1.165) is 0 Å². The molecule has 0 saturated carbocycles. The zero-order chi connectivity index (χ0) is 13.6. The quantitative estimate of drug-likeness (QED) is 0.638. The number of carboxylic acids is 1. The molecule has 6 heteroatoms. The third kappa shape index (κ3) is 5.70. The maximum Gasteiger partial charge on any atom is 0.331 e. The first-order valence-corrected chi connectivity index (χ1v) is 5.25. The number of carbonyl (C=O) groups is 3. The summed E-state index contributed by atoms with van der Waals surface area (Å²) in [7, 11) is 0. The van der Waals surface area contributed by atoms with Crippen LogP contribution in [0.5, 0.6) is 0 Å². The summed E-state index contributed by atoms with van der Waals surface area (Å²) < 4.78 is 0. The molecule has 0 rings (SSSR count). The lowest BCUT2D eigenvalue weighted by molar-refractivity contribution is -0.133. The van der Waals surface area contributed by atoms with E-state index < -0.39 is 17.9 Å². The van der Waals surface area contributed by atoms with Gasteiger partial charge < -0.3 is 10.4 Å². The number of urea groups is 1. The average molecular weight is 242 g/mol.